The highest BCUT2D eigenvalue weighted by Gasteiger charge is 2.32. The van der Waals surface area contributed by atoms with E-state index < -0.39 is 0 Å². The number of hydrogen-bond donors (Lipinski definition) is 1. The highest BCUT2D eigenvalue weighted by molar-refractivity contribution is 5.83. The average Bonchev–Trinajstić information content (AvgIpc) is 2.82. The molecule has 2 aromatic rings. The molecule has 1 N–H and O–H groups in total. The average molecular weight is 453 g/mol. The van der Waals surface area contributed by atoms with E-state index in [-0.39, 0.29) is 11.8 Å². The zero-order chi connectivity index (χ0) is 23.0. The number of amides is 1. The predicted molar refractivity (Wildman–Crippen MR) is 134 cm³/mol. The molecule has 2 aliphatic rings. The van der Waals surface area contributed by atoms with Crippen LogP contribution < -0.4 is 5.32 Å². The summed E-state index contributed by atoms with van der Waals surface area (Å²) in [7, 11) is 4.15. The molecule has 0 bridgehead atoms. The third-order valence-corrected chi connectivity index (χ3v) is 6.91. The van der Waals surface area contributed by atoms with Gasteiger partial charge in [-0.2, -0.15) is 0 Å². The number of morpholine rings is 1. The third-order valence-electron chi connectivity index (χ3n) is 6.91. The molecule has 2 aromatic carbocycles. The Kier molecular flexibility index (Phi) is 8.73. The number of piperidine rings is 1. The van der Waals surface area contributed by atoms with Crippen LogP contribution in [-0.2, 0) is 16.1 Å². The highest BCUT2D eigenvalue weighted by Crippen LogP contribution is 2.26. The molecule has 180 valence electrons. The Hall–Kier alpha value is -1.99. The van der Waals surface area contributed by atoms with E-state index in [1.54, 1.807) is 0 Å². The molecule has 2 aliphatic heterocycles. The lowest BCUT2D eigenvalue weighted by atomic mass is 9.87. The molecular formula is C27H40N4O2. The molecule has 4 rings (SSSR count). The molecule has 0 unspecified atom stereocenters. The fourth-order valence-corrected chi connectivity index (χ4v) is 5.25. The van der Waals surface area contributed by atoms with Crippen molar-refractivity contribution in [3.05, 3.63) is 48.0 Å². The van der Waals surface area contributed by atoms with Crippen LogP contribution in [0.5, 0.6) is 0 Å². The summed E-state index contributed by atoms with van der Waals surface area (Å²) < 4.78 is 5.54. The molecule has 2 heterocycles. The second-order valence-corrected chi connectivity index (χ2v) is 10.0. The monoisotopic (exact) mass is 452 g/mol. The van der Waals surface area contributed by atoms with Gasteiger partial charge in [0.15, 0.2) is 0 Å². The van der Waals surface area contributed by atoms with E-state index in [1.807, 2.05) is 0 Å². The molecule has 0 aliphatic carbocycles. The summed E-state index contributed by atoms with van der Waals surface area (Å²) in [6, 6.07) is 15.3. The van der Waals surface area contributed by atoms with Gasteiger partial charge in [0.2, 0.25) is 5.91 Å². The van der Waals surface area contributed by atoms with E-state index >= 15 is 0 Å². The van der Waals surface area contributed by atoms with Gasteiger partial charge in [0.25, 0.3) is 0 Å². The Morgan fingerprint density at radius 1 is 1.06 bits per heavy atom. The summed E-state index contributed by atoms with van der Waals surface area (Å²) in [5.74, 6) is 0.795. The van der Waals surface area contributed by atoms with Crippen LogP contribution in [0.15, 0.2) is 42.5 Å². The number of likely N-dealkylation sites (tertiary alicyclic amines) is 1. The number of ether oxygens (including phenoxy) is 1. The Labute approximate surface area is 198 Å². The van der Waals surface area contributed by atoms with Crippen molar-refractivity contribution in [2.45, 2.75) is 19.4 Å². The summed E-state index contributed by atoms with van der Waals surface area (Å²) in [5, 5.41) is 5.78. The second kappa shape index (κ2) is 11.9. The molecule has 6 heteroatoms. The fraction of sp³-hybridized carbons (Fsp3) is 0.593. The van der Waals surface area contributed by atoms with Gasteiger partial charge in [-0.1, -0.05) is 36.4 Å². The maximum absolute atomic E-state index is 13.1. The van der Waals surface area contributed by atoms with E-state index in [0.717, 1.165) is 78.4 Å². The molecular weight excluding hydrogens is 412 g/mol. The minimum absolute atomic E-state index is 0.0598. The van der Waals surface area contributed by atoms with Gasteiger partial charge in [0.05, 0.1) is 19.1 Å². The van der Waals surface area contributed by atoms with Crippen molar-refractivity contribution >= 4 is 16.7 Å². The van der Waals surface area contributed by atoms with Crippen LogP contribution in [0.1, 0.15) is 18.4 Å². The van der Waals surface area contributed by atoms with E-state index in [4.69, 9.17) is 4.74 Å². The van der Waals surface area contributed by atoms with Gasteiger partial charge in [-0.05, 0) is 61.8 Å². The number of fused-ring (bicyclic) bond motifs is 1. The lowest BCUT2D eigenvalue weighted by Crippen LogP contribution is -2.50. The Balaban J connectivity index is 1.40. The molecule has 0 radical (unpaired) electrons. The largest absolute Gasteiger partial charge is 0.379 e. The second-order valence-electron chi connectivity index (χ2n) is 10.0. The number of nitrogens with zero attached hydrogens (tertiary/aromatic N) is 3. The van der Waals surface area contributed by atoms with Gasteiger partial charge in [-0.3, -0.25) is 14.6 Å². The molecule has 33 heavy (non-hydrogen) atoms. The van der Waals surface area contributed by atoms with Crippen LogP contribution in [0.25, 0.3) is 10.8 Å². The van der Waals surface area contributed by atoms with Crippen LogP contribution in [0.3, 0.4) is 0 Å². The van der Waals surface area contributed by atoms with Gasteiger partial charge in [0, 0.05) is 45.8 Å². The van der Waals surface area contributed by atoms with Crippen molar-refractivity contribution in [1.29, 1.82) is 0 Å². The van der Waals surface area contributed by atoms with Crippen molar-refractivity contribution in [1.82, 2.24) is 20.0 Å². The molecule has 0 aromatic heterocycles. The number of nitrogens with one attached hydrogen (secondary N) is 1. The normalized spacial score (nSPS) is 22.6. The number of rotatable bonds is 9. The maximum atomic E-state index is 13.1. The van der Waals surface area contributed by atoms with Crippen LogP contribution in [0.2, 0.25) is 0 Å². The van der Waals surface area contributed by atoms with E-state index in [0.29, 0.717) is 5.92 Å². The standard InChI is InChI=1S/C27H40N4O2/c1-29(2)11-5-10-28-27(32)26-17-23(19-30-12-14-33-15-13-30)20-31(21-26)18-22-8-9-24-6-3-4-7-25(24)16-22/h3-4,6-9,16,23,26H,5,10-15,17-21H2,1-2H3,(H,28,32)/t23-,26-/m1/s1. The Morgan fingerprint density at radius 2 is 1.85 bits per heavy atom. The van der Waals surface area contributed by atoms with E-state index in [1.165, 1.54) is 16.3 Å². The first-order chi connectivity index (χ1) is 16.1. The summed E-state index contributed by atoms with van der Waals surface area (Å²) in [6.45, 7) is 9.25. The first kappa shape index (κ1) is 24.1. The smallest absolute Gasteiger partial charge is 0.224 e. The lowest BCUT2D eigenvalue weighted by Gasteiger charge is -2.40. The van der Waals surface area contributed by atoms with Gasteiger partial charge in [-0.15, -0.1) is 0 Å². The number of benzene rings is 2. The van der Waals surface area contributed by atoms with Crippen molar-refractivity contribution in [3.63, 3.8) is 0 Å². The van der Waals surface area contributed by atoms with Crippen LogP contribution in [0.4, 0.5) is 0 Å². The first-order valence-corrected chi connectivity index (χ1v) is 12.5. The van der Waals surface area contributed by atoms with Crippen LogP contribution in [-0.4, -0.2) is 93.7 Å². The highest BCUT2D eigenvalue weighted by atomic mass is 16.5. The van der Waals surface area contributed by atoms with Crippen LogP contribution >= 0.6 is 0 Å². The summed E-state index contributed by atoms with van der Waals surface area (Å²) in [4.78, 5) is 20.2. The number of hydrogen-bond acceptors (Lipinski definition) is 5. The minimum Gasteiger partial charge on any atom is -0.379 e. The van der Waals surface area contributed by atoms with Gasteiger partial charge in [-0.25, -0.2) is 0 Å². The van der Waals surface area contributed by atoms with Crippen molar-refractivity contribution < 1.29 is 9.53 Å². The third kappa shape index (κ3) is 7.24. The molecule has 0 spiro atoms. The van der Waals surface area contributed by atoms with Gasteiger partial charge < -0.3 is 15.0 Å². The zero-order valence-corrected chi connectivity index (χ0v) is 20.3. The number of carbonyl (C=O) groups excluding carboxylic acids is 1. The summed E-state index contributed by atoms with van der Waals surface area (Å²) in [6.07, 6.45) is 1.97. The predicted octanol–water partition coefficient (Wildman–Crippen LogP) is 2.68. The minimum atomic E-state index is 0.0598. The first-order valence-electron chi connectivity index (χ1n) is 12.5. The molecule has 2 atom stereocenters. The van der Waals surface area contributed by atoms with Crippen molar-refractivity contribution in [2.24, 2.45) is 11.8 Å². The van der Waals surface area contributed by atoms with Gasteiger partial charge >= 0.3 is 0 Å². The molecule has 2 saturated heterocycles. The Bertz CT molecular complexity index is 897. The lowest BCUT2D eigenvalue weighted by molar-refractivity contribution is -0.127. The van der Waals surface area contributed by atoms with E-state index in [2.05, 4.69) is 76.6 Å². The van der Waals surface area contributed by atoms with E-state index in [9.17, 15) is 4.79 Å². The summed E-state index contributed by atoms with van der Waals surface area (Å²) in [5.41, 5.74) is 1.32. The number of carbonyl (C=O) groups is 1. The zero-order valence-electron chi connectivity index (χ0n) is 20.3. The molecule has 1 amide bonds. The molecule has 6 nitrogen and oxygen atoms in total. The maximum Gasteiger partial charge on any atom is 0.224 e. The van der Waals surface area contributed by atoms with Crippen molar-refractivity contribution in [2.75, 3.05) is 73.1 Å². The van der Waals surface area contributed by atoms with Crippen molar-refractivity contribution in [3.8, 4) is 0 Å². The SMILES string of the molecule is CN(C)CCCNC(=O)[C@@H]1C[C@H](CN2CCOCC2)CN(Cc2ccc3ccccc3c2)C1. The topological polar surface area (TPSA) is 48.1 Å². The molecule has 0 saturated carbocycles. The Morgan fingerprint density at radius 3 is 2.64 bits per heavy atom. The van der Waals surface area contributed by atoms with Crippen LogP contribution in [0, 0.1) is 11.8 Å². The van der Waals surface area contributed by atoms with Gasteiger partial charge in [0.1, 0.15) is 0 Å². The summed E-state index contributed by atoms with van der Waals surface area (Å²) >= 11 is 0. The fourth-order valence-electron chi connectivity index (χ4n) is 5.25. The quantitative estimate of drug-likeness (QED) is 0.593. The molecule has 2 fully saturated rings.